The number of nitrogens with zero attached hydrogens (tertiary/aromatic N) is 1. The van der Waals surface area contributed by atoms with Crippen LogP contribution in [0, 0.1) is 23.0 Å². The topological polar surface area (TPSA) is 55.2 Å². The largest absolute Gasteiger partial charge is 0.385 e. The molecule has 0 aliphatic heterocycles. The molecule has 0 atom stereocenters. The molecule has 4 heteroatoms. The van der Waals surface area contributed by atoms with Crippen molar-refractivity contribution in [2.24, 2.45) is 5.92 Å². The first-order valence-corrected chi connectivity index (χ1v) is 5.16. The Kier molecular flexibility index (Phi) is 2.58. The van der Waals surface area contributed by atoms with Gasteiger partial charge >= 0.3 is 0 Å². The van der Waals surface area contributed by atoms with Gasteiger partial charge in [-0.05, 0) is 37.8 Å². The molecule has 1 saturated carbocycles. The minimum absolute atomic E-state index is 0.187. The lowest BCUT2D eigenvalue weighted by Crippen LogP contribution is -2.03. The van der Waals surface area contributed by atoms with Crippen LogP contribution in [0.1, 0.15) is 18.4 Å². The number of hydrogen-bond donors (Lipinski definition) is 1. The molecule has 1 aromatic rings. The highest BCUT2D eigenvalue weighted by molar-refractivity contribution is 5.53. The SMILES string of the molecule is Cc1cc(NCC2CC2)ccc1[N+](=O)[O-]. The highest BCUT2D eigenvalue weighted by atomic mass is 16.6. The highest BCUT2D eigenvalue weighted by Gasteiger charge is 2.20. The predicted molar refractivity (Wildman–Crippen MR) is 59.0 cm³/mol. The number of nitrogens with one attached hydrogen (secondary N) is 1. The van der Waals surface area contributed by atoms with Gasteiger partial charge in [0.15, 0.2) is 0 Å². The number of aryl methyl sites for hydroxylation is 1. The van der Waals surface area contributed by atoms with Gasteiger partial charge in [0, 0.05) is 23.9 Å². The van der Waals surface area contributed by atoms with Gasteiger partial charge in [-0.2, -0.15) is 0 Å². The van der Waals surface area contributed by atoms with Crippen LogP contribution in [0.3, 0.4) is 0 Å². The number of hydrogen-bond acceptors (Lipinski definition) is 3. The smallest absolute Gasteiger partial charge is 0.272 e. The molecule has 0 bridgehead atoms. The van der Waals surface area contributed by atoms with Gasteiger partial charge in [0.05, 0.1) is 4.92 Å². The molecule has 0 spiro atoms. The van der Waals surface area contributed by atoms with Crippen molar-refractivity contribution in [2.45, 2.75) is 19.8 Å². The third-order valence-electron chi connectivity index (χ3n) is 2.69. The Balaban J connectivity index is 2.06. The van der Waals surface area contributed by atoms with Crippen LogP contribution in [0.5, 0.6) is 0 Å². The van der Waals surface area contributed by atoms with Crippen molar-refractivity contribution in [1.82, 2.24) is 0 Å². The summed E-state index contributed by atoms with van der Waals surface area (Å²) in [6.45, 7) is 2.75. The summed E-state index contributed by atoms with van der Waals surface area (Å²) in [5, 5.41) is 13.9. The summed E-state index contributed by atoms with van der Waals surface area (Å²) in [4.78, 5) is 10.2. The van der Waals surface area contributed by atoms with E-state index < -0.39 is 0 Å². The third-order valence-corrected chi connectivity index (χ3v) is 2.69. The summed E-state index contributed by atoms with van der Waals surface area (Å²) < 4.78 is 0. The molecule has 2 rings (SSSR count). The minimum atomic E-state index is -0.347. The van der Waals surface area contributed by atoms with E-state index in [0.29, 0.717) is 5.56 Å². The van der Waals surface area contributed by atoms with Gasteiger partial charge in [0.2, 0.25) is 0 Å². The Morgan fingerprint density at radius 2 is 2.27 bits per heavy atom. The number of rotatable bonds is 4. The molecule has 0 saturated heterocycles. The quantitative estimate of drug-likeness (QED) is 0.608. The second-order valence-corrected chi connectivity index (χ2v) is 4.08. The maximum atomic E-state index is 10.6. The molecule has 1 aliphatic rings. The number of nitro benzene ring substituents is 1. The monoisotopic (exact) mass is 206 g/mol. The van der Waals surface area contributed by atoms with Crippen molar-refractivity contribution in [2.75, 3.05) is 11.9 Å². The second kappa shape index (κ2) is 3.88. The van der Waals surface area contributed by atoms with E-state index in [0.717, 1.165) is 18.2 Å². The van der Waals surface area contributed by atoms with Crippen LogP contribution >= 0.6 is 0 Å². The van der Waals surface area contributed by atoms with Crippen LogP contribution in [0.15, 0.2) is 18.2 Å². The first-order valence-electron chi connectivity index (χ1n) is 5.16. The fourth-order valence-electron chi connectivity index (χ4n) is 1.55. The van der Waals surface area contributed by atoms with E-state index in [1.165, 1.54) is 12.8 Å². The van der Waals surface area contributed by atoms with E-state index in [1.807, 2.05) is 6.07 Å². The lowest BCUT2D eigenvalue weighted by molar-refractivity contribution is -0.385. The summed E-state index contributed by atoms with van der Waals surface area (Å²) in [5.41, 5.74) is 1.87. The average molecular weight is 206 g/mol. The van der Waals surface area contributed by atoms with E-state index in [-0.39, 0.29) is 10.6 Å². The van der Waals surface area contributed by atoms with Crippen LogP contribution in [0.2, 0.25) is 0 Å². The lowest BCUT2D eigenvalue weighted by Gasteiger charge is -2.06. The number of anilines is 1. The van der Waals surface area contributed by atoms with Gasteiger partial charge in [-0.1, -0.05) is 0 Å². The molecule has 1 aliphatic carbocycles. The summed E-state index contributed by atoms with van der Waals surface area (Å²) in [6.07, 6.45) is 2.61. The molecule has 0 amide bonds. The van der Waals surface area contributed by atoms with Crippen molar-refractivity contribution >= 4 is 11.4 Å². The first kappa shape index (κ1) is 9.96. The van der Waals surface area contributed by atoms with Crippen LogP contribution in [-0.2, 0) is 0 Å². The van der Waals surface area contributed by atoms with E-state index in [1.54, 1.807) is 19.1 Å². The van der Waals surface area contributed by atoms with E-state index >= 15 is 0 Å². The zero-order valence-corrected chi connectivity index (χ0v) is 8.69. The highest BCUT2D eigenvalue weighted by Crippen LogP contribution is 2.29. The Bertz CT molecular complexity index is 386. The summed E-state index contributed by atoms with van der Waals surface area (Å²) in [6, 6.07) is 5.17. The molecule has 80 valence electrons. The van der Waals surface area contributed by atoms with Gasteiger partial charge in [-0.3, -0.25) is 10.1 Å². The molecule has 0 radical (unpaired) electrons. The van der Waals surface area contributed by atoms with Gasteiger partial charge < -0.3 is 5.32 Å². The molecule has 15 heavy (non-hydrogen) atoms. The molecular formula is C11H14N2O2. The van der Waals surface area contributed by atoms with Crippen LogP contribution < -0.4 is 5.32 Å². The molecule has 4 nitrogen and oxygen atoms in total. The number of nitro groups is 1. The fourth-order valence-corrected chi connectivity index (χ4v) is 1.55. The van der Waals surface area contributed by atoms with Gasteiger partial charge in [0.25, 0.3) is 5.69 Å². The average Bonchev–Trinajstić information content (AvgIpc) is 2.97. The predicted octanol–water partition coefficient (Wildman–Crippen LogP) is 2.73. The van der Waals surface area contributed by atoms with Gasteiger partial charge in [0.1, 0.15) is 0 Å². The molecule has 0 aromatic heterocycles. The van der Waals surface area contributed by atoms with Crippen LogP contribution in [-0.4, -0.2) is 11.5 Å². The molecule has 1 aromatic carbocycles. The van der Waals surface area contributed by atoms with Crippen molar-refractivity contribution in [3.63, 3.8) is 0 Å². The summed E-state index contributed by atoms with van der Waals surface area (Å²) >= 11 is 0. The van der Waals surface area contributed by atoms with Crippen molar-refractivity contribution in [3.8, 4) is 0 Å². The Morgan fingerprint density at radius 3 is 2.80 bits per heavy atom. The molecule has 1 fully saturated rings. The summed E-state index contributed by atoms with van der Waals surface area (Å²) in [5.74, 6) is 0.806. The van der Waals surface area contributed by atoms with E-state index in [9.17, 15) is 10.1 Å². The molecular weight excluding hydrogens is 192 g/mol. The first-order chi connectivity index (χ1) is 7.16. The van der Waals surface area contributed by atoms with Gasteiger partial charge in [-0.25, -0.2) is 0 Å². The minimum Gasteiger partial charge on any atom is -0.385 e. The lowest BCUT2D eigenvalue weighted by atomic mass is 10.2. The maximum absolute atomic E-state index is 10.6. The van der Waals surface area contributed by atoms with Gasteiger partial charge in [-0.15, -0.1) is 0 Å². The number of benzene rings is 1. The second-order valence-electron chi connectivity index (χ2n) is 4.08. The fraction of sp³-hybridized carbons (Fsp3) is 0.455. The maximum Gasteiger partial charge on any atom is 0.272 e. The normalized spacial score (nSPS) is 15.0. The standard InChI is InChI=1S/C11H14N2O2/c1-8-6-10(12-7-9-2-3-9)4-5-11(8)13(14)15/h4-6,9,12H,2-3,7H2,1H3. The van der Waals surface area contributed by atoms with E-state index in [2.05, 4.69) is 5.32 Å². The Labute approximate surface area is 88.5 Å². The molecule has 0 heterocycles. The summed E-state index contributed by atoms with van der Waals surface area (Å²) in [7, 11) is 0. The third kappa shape index (κ3) is 2.46. The zero-order chi connectivity index (χ0) is 10.8. The van der Waals surface area contributed by atoms with Crippen LogP contribution in [0.4, 0.5) is 11.4 Å². The molecule has 1 N–H and O–H groups in total. The van der Waals surface area contributed by atoms with Crippen molar-refractivity contribution in [1.29, 1.82) is 0 Å². The Morgan fingerprint density at radius 1 is 1.53 bits per heavy atom. The van der Waals surface area contributed by atoms with Crippen molar-refractivity contribution in [3.05, 3.63) is 33.9 Å². The van der Waals surface area contributed by atoms with E-state index in [4.69, 9.17) is 0 Å². The van der Waals surface area contributed by atoms with Crippen LogP contribution in [0.25, 0.3) is 0 Å². The van der Waals surface area contributed by atoms with Crippen molar-refractivity contribution < 1.29 is 4.92 Å². The zero-order valence-electron chi connectivity index (χ0n) is 8.69. The Hall–Kier alpha value is -1.58. The molecule has 0 unspecified atom stereocenters.